The van der Waals surface area contributed by atoms with Crippen LogP contribution in [0.5, 0.6) is 0 Å². The Balaban J connectivity index is 1.14. The van der Waals surface area contributed by atoms with E-state index in [1.165, 1.54) is 29.8 Å². The van der Waals surface area contributed by atoms with Gasteiger partial charge in [-0.3, -0.25) is 4.79 Å². The van der Waals surface area contributed by atoms with E-state index in [0.717, 1.165) is 42.0 Å². The Morgan fingerprint density at radius 2 is 2.05 bits per heavy atom. The molecule has 4 aromatic heterocycles. The average Bonchev–Trinajstić information content (AvgIpc) is 3.35. The van der Waals surface area contributed by atoms with Crippen molar-refractivity contribution in [1.29, 1.82) is 0 Å². The number of aromatic nitrogens is 8. The van der Waals surface area contributed by atoms with Gasteiger partial charge in [0.1, 0.15) is 29.9 Å². The maximum absolute atomic E-state index is 15.0. The monoisotopic (exact) mass is 558 g/mol. The second-order valence-corrected chi connectivity index (χ2v) is 10.7. The first kappa shape index (κ1) is 24.6. The van der Waals surface area contributed by atoms with Crippen LogP contribution in [0.2, 0.25) is 5.02 Å². The zero-order chi connectivity index (χ0) is 27.4. The zero-order valence-electron chi connectivity index (χ0n) is 21.5. The van der Waals surface area contributed by atoms with Crippen molar-refractivity contribution < 1.29 is 9.18 Å². The fourth-order valence-electron chi connectivity index (χ4n) is 5.52. The van der Waals surface area contributed by atoms with Gasteiger partial charge in [0.2, 0.25) is 0 Å². The fourth-order valence-corrected chi connectivity index (χ4v) is 5.70. The number of piperidine rings is 1. The Morgan fingerprint density at radius 3 is 2.83 bits per heavy atom. The highest BCUT2D eigenvalue weighted by Gasteiger charge is 2.45. The first-order valence-electron chi connectivity index (χ1n) is 12.9. The lowest BCUT2D eigenvalue weighted by atomic mass is 10.1. The Morgan fingerprint density at radius 1 is 1.20 bits per heavy atom. The maximum atomic E-state index is 15.0. The fraction of sp³-hybridized carbons (Fsp3) is 0.296. The predicted octanol–water partition coefficient (Wildman–Crippen LogP) is 3.34. The summed E-state index contributed by atoms with van der Waals surface area (Å²) < 4.78 is 18.2. The standard InChI is InChI=1S/C27H24ClFN10O/c1-15-16(2-5-24(34-15)37-10-17-6-18(17)11-37)9-38-12-21(19-7-30-13-32-26(19)38)27(40)31-8-20-23(39-14-33-35-36-39)4-3-22(28)25(20)29/h2-5,7,12-14,17-18H,6,8-11H2,1H3,(H,31,40). The molecule has 2 atom stereocenters. The number of nitrogens with zero attached hydrogens (tertiary/aromatic N) is 9. The molecule has 2 aliphatic rings. The van der Waals surface area contributed by atoms with Gasteiger partial charge >= 0.3 is 0 Å². The van der Waals surface area contributed by atoms with E-state index in [4.69, 9.17) is 16.6 Å². The van der Waals surface area contributed by atoms with Crippen LogP contribution in [-0.4, -0.2) is 58.7 Å². The number of pyridine rings is 1. The third kappa shape index (κ3) is 4.34. The lowest BCUT2D eigenvalue weighted by Gasteiger charge is -2.20. The number of nitrogens with one attached hydrogen (secondary N) is 1. The van der Waals surface area contributed by atoms with Crippen LogP contribution < -0.4 is 10.2 Å². The van der Waals surface area contributed by atoms with E-state index in [-0.39, 0.29) is 17.1 Å². The number of hydrogen-bond donors (Lipinski definition) is 1. The molecule has 40 heavy (non-hydrogen) atoms. The summed E-state index contributed by atoms with van der Waals surface area (Å²) in [6, 6.07) is 7.18. The van der Waals surface area contributed by atoms with E-state index in [1.807, 2.05) is 11.5 Å². The SMILES string of the molecule is Cc1nc(N2CC3CC3C2)ccc1Cn1cc(C(=O)NCc2c(-n3cnnn3)ccc(Cl)c2F)c2cncnc21. The molecule has 5 heterocycles. The van der Waals surface area contributed by atoms with Gasteiger partial charge in [-0.15, -0.1) is 5.10 Å². The van der Waals surface area contributed by atoms with Crippen molar-refractivity contribution in [3.63, 3.8) is 0 Å². The van der Waals surface area contributed by atoms with Crippen LogP contribution in [0.4, 0.5) is 10.2 Å². The Hall–Kier alpha value is -4.45. The van der Waals surface area contributed by atoms with Gasteiger partial charge in [-0.2, -0.15) is 0 Å². The highest BCUT2D eigenvalue weighted by Crippen LogP contribution is 2.46. The number of fused-ring (bicyclic) bond motifs is 2. The first-order valence-corrected chi connectivity index (χ1v) is 13.3. The molecule has 2 unspecified atom stereocenters. The number of hydrogen-bond acceptors (Lipinski definition) is 8. The van der Waals surface area contributed by atoms with E-state index < -0.39 is 11.7 Å². The van der Waals surface area contributed by atoms with Crippen molar-refractivity contribution in [3.8, 4) is 5.69 Å². The quantitative estimate of drug-likeness (QED) is 0.323. The van der Waals surface area contributed by atoms with Gasteiger partial charge in [0.05, 0.1) is 28.2 Å². The second-order valence-electron chi connectivity index (χ2n) is 10.3. The maximum Gasteiger partial charge on any atom is 0.253 e. The summed E-state index contributed by atoms with van der Waals surface area (Å²) in [5, 5.41) is 14.4. The summed E-state index contributed by atoms with van der Waals surface area (Å²) in [5.41, 5.74) is 3.49. The normalized spacial score (nSPS) is 17.8. The molecule has 0 bridgehead atoms. The molecular weight excluding hydrogens is 535 g/mol. The number of aryl methyl sites for hydroxylation is 1. The van der Waals surface area contributed by atoms with Crippen LogP contribution in [0.15, 0.2) is 49.3 Å². The van der Waals surface area contributed by atoms with Gasteiger partial charge in [-0.25, -0.2) is 24.0 Å². The molecule has 1 saturated carbocycles. The number of anilines is 1. The Bertz CT molecular complexity index is 1740. The van der Waals surface area contributed by atoms with E-state index in [1.54, 1.807) is 18.5 Å². The number of rotatable bonds is 7. The summed E-state index contributed by atoms with van der Waals surface area (Å²) in [6.45, 7) is 4.53. The van der Waals surface area contributed by atoms with Gasteiger partial charge in [0.25, 0.3) is 5.91 Å². The number of carbonyl (C=O) groups is 1. The molecule has 1 aromatic carbocycles. The summed E-state index contributed by atoms with van der Waals surface area (Å²) in [4.78, 5) is 29.2. The molecule has 11 nitrogen and oxygen atoms in total. The minimum atomic E-state index is -0.655. The summed E-state index contributed by atoms with van der Waals surface area (Å²) >= 11 is 6.03. The van der Waals surface area contributed by atoms with Gasteiger partial charge < -0.3 is 14.8 Å². The highest BCUT2D eigenvalue weighted by atomic mass is 35.5. The average molecular weight is 559 g/mol. The van der Waals surface area contributed by atoms with Crippen molar-refractivity contribution in [3.05, 3.63) is 82.5 Å². The number of amides is 1. The molecule has 5 aromatic rings. The van der Waals surface area contributed by atoms with Gasteiger partial charge in [-0.05, 0) is 59.4 Å². The Kier molecular flexibility index (Phi) is 5.92. The molecule has 1 saturated heterocycles. The van der Waals surface area contributed by atoms with Crippen molar-refractivity contribution in [2.24, 2.45) is 11.8 Å². The lowest BCUT2D eigenvalue weighted by Crippen LogP contribution is -2.24. The number of halogens is 2. The van der Waals surface area contributed by atoms with E-state index in [0.29, 0.717) is 28.8 Å². The second kappa shape index (κ2) is 9.63. The van der Waals surface area contributed by atoms with Crippen LogP contribution >= 0.6 is 11.6 Å². The van der Waals surface area contributed by atoms with Crippen LogP contribution in [0.1, 0.15) is 33.6 Å². The molecule has 0 radical (unpaired) electrons. The molecule has 0 spiro atoms. The molecule has 202 valence electrons. The van der Waals surface area contributed by atoms with Crippen molar-refractivity contribution in [2.75, 3.05) is 18.0 Å². The molecular formula is C27H24ClFN10O. The van der Waals surface area contributed by atoms with Crippen LogP contribution in [0.25, 0.3) is 16.7 Å². The summed E-state index contributed by atoms with van der Waals surface area (Å²) in [6.07, 6.45) is 7.49. The first-order chi connectivity index (χ1) is 19.5. The third-order valence-electron chi connectivity index (χ3n) is 7.80. The lowest BCUT2D eigenvalue weighted by molar-refractivity contribution is 0.0952. The summed E-state index contributed by atoms with van der Waals surface area (Å²) in [5.74, 6) is 1.62. The van der Waals surface area contributed by atoms with Crippen molar-refractivity contribution >= 4 is 34.4 Å². The molecule has 2 fully saturated rings. The molecule has 7 rings (SSSR count). The minimum absolute atomic E-state index is 0.0670. The van der Waals surface area contributed by atoms with E-state index in [9.17, 15) is 9.18 Å². The van der Waals surface area contributed by atoms with E-state index in [2.05, 4.69) is 47.8 Å². The molecule has 13 heteroatoms. The van der Waals surface area contributed by atoms with Crippen LogP contribution in [0, 0.1) is 24.6 Å². The van der Waals surface area contributed by atoms with Crippen molar-refractivity contribution in [1.82, 2.24) is 45.0 Å². The predicted molar refractivity (Wildman–Crippen MR) is 145 cm³/mol. The highest BCUT2D eigenvalue weighted by molar-refractivity contribution is 6.30. The zero-order valence-corrected chi connectivity index (χ0v) is 22.3. The van der Waals surface area contributed by atoms with Crippen LogP contribution in [-0.2, 0) is 13.1 Å². The largest absolute Gasteiger partial charge is 0.356 e. The smallest absolute Gasteiger partial charge is 0.253 e. The van der Waals surface area contributed by atoms with Gasteiger partial charge in [0, 0.05) is 43.3 Å². The van der Waals surface area contributed by atoms with Crippen LogP contribution in [0.3, 0.4) is 0 Å². The van der Waals surface area contributed by atoms with Gasteiger partial charge in [0.15, 0.2) is 0 Å². The Labute approximate surface area is 233 Å². The van der Waals surface area contributed by atoms with Gasteiger partial charge in [-0.1, -0.05) is 17.7 Å². The minimum Gasteiger partial charge on any atom is -0.356 e. The molecule has 1 N–H and O–H groups in total. The van der Waals surface area contributed by atoms with Crippen molar-refractivity contribution in [2.45, 2.75) is 26.4 Å². The number of tetrazole rings is 1. The molecule has 1 amide bonds. The number of carbonyl (C=O) groups excluding carboxylic acids is 1. The van der Waals surface area contributed by atoms with E-state index >= 15 is 0 Å². The topological polar surface area (TPSA) is 120 Å². The molecule has 1 aliphatic heterocycles. The molecule has 1 aliphatic carbocycles. The third-order valence-corrected chi connectivity index (χ3v) is 8.09. The number of benzene rings is 1. The summed E-state index contributed by atoms with van der Waals surface area (Å²) in [7, 11) is 0.